The van der Waals surface area contributed by atoms with Gasteiger partial charge in [0.2, 0.25) is 0 Å². The molecule has 1 saturated carbocycles. The number of nitrogens with zero attached hydrogens (tertiary/aromatic N) is 1. The van der Waals surface area contributed by atoms with Crippen molar-refractivity contribution in [2.75, 3.05) is 27.2 Å². The summed E-state index contributed by atoms with van der Waals surface area (Å²) in [5, 5.41) is 3.16. The second-order valence-electron chi connectivity index (χ2n) is 7.91. The number of Topliss-reactive ketones (excluding diaryl/α,β-unsaturated/α-hetero) is 1. The number of amides is 1. The van der Waals surface area contributed by atoms with Crippen LogP contribution in [-0.4, -0.2) is 48.8 Å². The first-order valence-electron chi connectivity index (χ1n) is 9.45. The molecule has 0 bridgehead atoms. The van der Waals surface area contributed by atoms with E-state index in [-0.39, 0.29) is 17.1 Å². The molecule has 5 heteroatoms. The second kappa shape index (κ2) is 8.17. The van der Waals surface area contributed by atoms with Crippen LogP contribution in [0.15, 0.2) is 0 Å². The minimum atomic E-state index is -0.0796. The van der Waals surface area contributed by atoms with Gasteiger partial charge in [-0.2, -0.15) is 0 Å². The van der Waals surface area contributed by atoms with Gasteiger partial charge >= 0.3 is 0 Å². The Morgan fingerprint density at radius 1 is 1.24 bits per heavy atom. The van der Waals surface area contributed by atoms with Gasteiger partial charge in [0.15, 0.2) is 5.78 Å². The molecule has 1 aliphatic carbocycles. The highest BCUT2D eigenvalue weighted by Crippen LogP contribution is 2.38. The summed E-state index contributed by atoms with van der Waals surface area (Å²) in [4.78, 5) is 30.2. The van der Waals surface area contributed by atoms with Crippen molar-refractivity contribution in [1.29, 1.82) is 0 Å². The van der Waals surface area contributed by atoms with Crippen molar-refractivity contribution in [3.8, 4) is 0 Å². The molecule has 0 aliphatic heterocycles. The molecule has 1 heterocycles. The number of rotatable bonds is 8. The average Bonchev–Trinajstić information content (AvgIpc) is 3.10. The SMILES string of the molecule is CCCc1c(C(=O)NCC2(CN(C)C)CCCC2)[nH]c(C)c1C(C)=O. The molecule has 2 rings (SSSR count). The van der Waals surface area contributed by atoms with E-state index < -0.39 is 0 Å². The predicted molar refractivity (Wildman–Crippen MR) is 101 cm³/mol. The van der Waals surface area contributed by atoms with Crippen LogP contribution >= 0.6 is 0 Å². The largest absolute Gasteiger partial charge is 0.354 e. The Bertz CT molecular complexity index is 625. The van der Waals surface area contributed by atoms with Gasteiger partial charge in [0.25, 0.3) is 5.91 Å². The number of aryl methyl sites for hydroxylation is 1. The molecule has 2 N–H and O–H groups in total. The Hall–Kier alpha value is -1.62. The van der Waals surface area contributed by atoms with Crippen LogP contribution in [0.2, 0.25) is 0 Å². The van der Waals surface area contributed by atoms with Gasteiger partial charge in [-0.05, 0) is 52.8 Å². The summed E-state index contributed by atoms with van der Waals surface area (Å²) < 4.78 is 0. The third-order valence-corrected chi connectivity index (χ3v) is 5.31. The monoisotopic (exact) mass is 347 g/mol. The standard InChI is InChI=1S/C20H33N3O2/c1-6-9-16-17(15(3)24)14(2)22-18(16)19(25)21-12-20(13-23(4)5)10-7-8-11-20/h22H,6-13H2,1-5H3,(H,21,25). The summed E-state index contributed by atoms with van der Waals surface area (Å²) in [6.45, 7) is 7.21. The van der Waals surface area contributed by atoms with E-state index in [4.69, 9.17) is 0 Å². The Balaban J connectivity index is 2.17. The lowest BCUT2D eigenvalue weighted by atomic mass is 9.85. The maximum atomic E-state index is 12.8. The number of hydrogen-bond donors (Lipinski definition) is 2. The van der Waals surface area contributed by atoms with Crippen molar-refractivity contribution in [3.05, 3.63) is 22.5 Å². The Labute approximate surface area is 151 Å². The van der Waals surface area contributed by atoms with Crippen molar-refractivity contribution in [1.82, 2.24) is 15.2 Å². The zero-order valence-electron chi connectivity index (χ0n) is 16.4. The minimum Gasteiger partial charge on any atom is -0.354 e. The average molecular weight is 348 g/mol. The van der Waals surface area contributed by atoms with Gasteiger partial charge in [-0.25, -0.2) is 0 Å². The minimum absolute atomic E-state index is 0.0242. The van der Waals surface area contributed by atoms with Crippen LogP contribution in [-0.2, 0) is 6.42 Å². The van der Waals surface area contributed by atoms with Crippen LogP contribution < -0.4 is 5.32 Å². The molecule has 5 nitrogen and oxygen atoms in total. The van der Waals surface area contributed by atoms with E-state index in [0.717, 1.165) is 43.5 Å². The quantitative estimate of drug-likeness (QED) is 0.709. The van der Waals surface area contributed by atoms with Gasteiger partial charge < -0.3 is 15.2 Å². The highest BCUT2D eigenvalue weighted by Gasteiger charge is 2.35. The molecule has 140 valence electrons. The summed E-state index contributed by atoms with van der Waals surface area (Å²) in [7, 11) is 4.18. The van der Waals surface area contributed by atoms with Crippen LogP contribution in [0.1, 0.15) is 78.1 Å². The Kier molecular flexibility index (Phi) is 6.44. The fourth-order valence-corrected chi connectivity index (χ4v) is 4.39. The predicted octanol–water partition coefficient (Wildman–Crippen LogP) is 3.33. The van der Waals surface area contributed by atoms with Crippen LogP contribution in [0, 0.1) is 12.3 Å². The molecule has 1 aromatic heterocycles. The maximum absolute atomic E-state index is 12.8. The van der Waals surface area contributed by atoms with Gasteiger partial charge in [-0.15, -0.1) is 0 Å². The topological polar surface area (TPSA) is 65.2 Å². The molecule has 0 saturated heterocycles. The van der Waals surface area contributed by atoms with Crippen LogP contribution in [0.3, 0.4) is 0 Å². The first kappa shape index (κ1) is 19.7. The number of H-pyrrole nitrogens is 1. The molecular weight excluding hydrogens is 314 g/mol. The van der Waals surface area contributed by atoms with Crippen molar-refractivity contribution < 1.29 is 9.59 Å². The first-order chi connectivity index (χ1) is 11.8. The summed E-state index contributed by atoms with van der Waals surface area (Å²) in [5.74, 6) is -0.0554. The van der Waals surface area contributed by atoms with E-state index in [1.54, 1.807) is 6.92 Å². The van der Waals surface area contributed by atoms with Crippen molar-refractivity contribution in [2.45, 2.75) is 59.3 Å². The molecule has 0 atom stereocenters. The highest BCUT2D eigenvalue weighted by molar-refractivity contribution is 6.02. The number of ketones is 1. The maximum Gasteiger partial charge on any atom is 0.268 e. The summed E-state index contributed by atoms with van der Waals surface area (Å²) in [6.07, 6.45) is 6.44. The number of carbonyl (C=O) groups is 2. The normalized spacial score (nSPS) is 16.4. The van der Waals surface area contributed by atoms with E-state index in [2.05, 4.69) is 36.2 Å². The summed E-state index contributed by atoms with van der Waals surface area (Å²) >= 11 is 0. The zero-order valence-corrected chi connectivity index (χ0v) is 16.4. The fraction of sp³-hybridized carbons (Fsp3) is 0.700. The van der Waals surface area contributed by atoms with Crippen molar-refractivity contribution in [3.63, 3.8) is 0 Å². The van der Waals surface area contributed by atoms with Crippen molar-refractivity contribution in [2.24, 2.45) is 5.41 Å². The van der Waals surface area contributed by atoms with Crippen LogP contribution in [0.25, 0.3) is 0 Å². The highest BCUT2D eigenvalue weighted by atomic mass is 16.2. The van der Waals surface area contributed by atoms with E-state index in [1.165, 1.54) is 12.8 Å². The molecular formula is C20H33N3O2. The number of nitrogens with one attached hydrogen (secondary N) is 2. The van der Waals surface area contributed by atoms with Gasteiger partial charge in [0, 0.05) is 29.8 Å². The number of aromatic amines is 1. The molecule has 25 heavy (non-hydrogen) atoms. The molecule has 0 spiro atoms. The van der Waals surface area contributed by atoms with Crippen molar-refractivity contribution >= 4 is 11.7 Å². The van der Waals surface area contributed by atoms with Crippen LogP contribution in [0.5, 0.6) is 0 Å². The zero-order chi connectivity index (χ0) is 18.6. The lowest BCUT2D eigenvalue weighted by molar-refractivity contribution is 0.0912. The number of carbonyl (C=O) groups excluding carboxylic acids is 2. The van der Waals surface area contributed by atoms with E-state index in [9.17, 15) is 9.59 Å². The molecule has 0 radical (unpaired) electrons. The van der Waals surface area contributed by atoms with Gasteiger partial charge in [-0.3, -0.25) is 9.59 Å². The Morgan fingerprint density at radius 3 is 2.40 bits per heavy atom. The molecule has 0 unspecified atom stereocenters. The molecule has 0 aromatic carbocycles. The molecule has 1 aromatic rings. The summed E-state index contributed by atoms with van der Waals surface area (Å²) in [5.41, 5.74) is 3.11. The third kappa shape index (κ3) is 4.51. The second-order valence-corrected chi connectivity index (χ2v) is 7.91. The first-order valence-corrected chi connectivity index (χ1v) is 9.45. The lowest BCUT2D eigenvalue weighted by Crippen LogP contribution is -2.42. The number of hydrogen-bond acceptors (Lipinski definition) is 3. The smallest absolute Gasteiger partial charge is 0.268 e. The van der Waals surface area contributed by atoms with Gasteiger partial charge in [-0.1, -0.05) is 26.2 Å². The molecule has 1 fully saturated rings. The molecule has 1 aliphatic rings. The molecule has 1 amide bonds. The lowest BCUT2D eigenvalue weighted by Gasteiger charge is -2.32. The van der Waals surface area contributed by atoms with Gasteiger partial charge in [0.05, 0.1) is 0 Å². The van der Waals surface area contributed by atoms with Gasteiger partial charge in [0.1, 0.15) is 5.69 Å². The van der Waals surface area contributed by atoms with Crippen LogP contribution in [0.4, 0.5) is 0 Å². The van der Waals surface area contributed by atoms with E-state index in [0.29, 0.717) is 17.8 Å². The fourth-order valence-electron chi connectivity index (χ4n) is 4.39. The number of aromatic nitrogens is 1. The van der Waals surface area contributed by atoms with E-state index >= 15 is 0 Å². The van der Waals surface area contributed by atoms with E-state index in [1.807, 2.05) is 6.92 Å². The Morgan fingerprint density at radius 2 is 1.88 bits per heavy atom. The third-order valence-electron chi connectivity index (χ3n) is 5.31. The summed E-state index contributed by atoms with van der Waals surface area (Å²) in [6, 6.07) is 0.